The summed E-state index contributed by atoms with van der Waals surface area (Å²) in [5.74, 6) is 0.396. The van der Waals surface area contributed by atoms with E-state index in [2.05, 4.69) is 10.6 Å². The zero-order valence-electron chi connectivity index (χ0n) is 13.1. The van der Waals surface area contributed by atoms with Crippen molar-refractivity contribution in [2.75, 3.05) is 12.4 Å². The minimum absolute atomic E-state index is 0.178. The second-order valence-corrected chi connectivity index (χ2v) is 8.15. The van der Waals surface area contributed by atoms with Gasteiger partial charge in [0.05, 0.1) is 20.9 Å². The summed E-state index contributed by atoms with van der Waals surface area (Å²) in [6, 6.07) is 6.83. The van der Waals surface area contributed by atoms with Gasteiger partial charge in [-0.15, -0.1) is 0 Å². The van der Waals surface area contributed by atoms with Crippen molar-refractivity contribution in [1.29, 1.82) is 5.41 Å². The fraction of sp³-hybridized carbons (Fsp3) is 0.438. The Balaban J connectivity index is 2.39. The van der Waals surface area contributed by atoms with Crippen LogP contribution in [-0.4, -0.2) is 26.9 Å². The van der Waals surface area contributed by atoms with Crippen LogP contribution in [0, 0.1) is 5.41 Å². The maximum absolute atomic E-state index is 13.0. The number of anilines is 1. The van der Waals surface area contributed by atoms with Crippen molar-refractivity contribution in [2.45, 2.75) is 42.2 Å². The lowest BCUT2D eigenvalue weighted by molar-refractivity contribution is 0.484. The van der Waals surface area contributed by atoms with E-state index in [-0.39, 0.29) is 15.2 Å². The van der Waals surface area contributed by atoms with E-state index in [1.165, 1.54) is 0 Å². The van der Waals surface area contributed by atoms with Gasteiger partial charge in [0.2, 0.25) is 0 Å². The second-order valence-electron chi connectivity index (χ2n) is 5.54. The number of nitrogens with one attached hydrogen (secondary N) is 3. The molecule has 0 heterocycles. The molecule has 1 aliphatic carbocycles. The highest BCUT2D eigenvalue weighted by Crippen LogP contribution is 2.32. The van der Waals surface area contributed by atoms with Crippen molar-refractivity contribution in [3.63, 3.8) is 0 Å². The maximum Gasteiger partial charge on any atom is 0.183 e. The summed E-state index contributed by atoms with van der Waals surface area (Å²) in [4.78, 5) is 0.286. The molecule has 0 aromatic heterocycles. The first-order chi connectivity index (χ1) is 11.0. The summed E-state index contributed by atoms with van der Waals surface area (Å²) in [6.45, 7) is 0. The van der Waals surface area contributed by atoms with E-state index >= 15 is 0 Å². The summed E-state index contributed by atoms with van der Waals surface area (Å²) in [5, 5.41) is 12.9. The molecule has 0 atom stereocenters. The normalized spacial score (nSPS) is 17.3. The van der Waals surface area contributed by atoms with Gasteiger partial charge in [0.15, 0.2) is 9.84 Å². The lowest BCUT2D eigenvalue weighted by atomic mass is 10.0. The topological polar surface area (TPSA) is 82.0 Å². The smallest absolute Gasteiger partial charge is 0.183 e. The molecular weight excluding hydrogens is 334 g/mol. The van der Waals surface area contributed by atoms with Gasteiger partial charge in [-0.25, -0.2) is 8.42 Å². The fourth-order valence-corrected chi connectivity index (χ4v) is 4.97. The molecule has 0 spiro atoms. The minimum atomic E-state index is -3.39. The highest BCUT2D eigenvalue weighted by molar-refractivity contribution is 7.92. The van der Waals surface area contributed by atoms with Gasteiger partial charge in [0, 0.05) is 13.3 Å². The van der Waals surface area contributed by atoms with E-state index in [9.17, 15) is 8.42 Å². The Morgan fingerprint density at radius 1 is 1.26 bits per heavy atom. The van der Waals surface area contributed by atoms with Crippen molar-refractivity contribution in [2.24, 2.45) is 0 Å². The Hall–Kier alpha value is -1.53. The molecule has 23 heavy (non-hydrogen) atoms. The van der Waals surface area contributed by atoms with Crippen LogP contribution in [0.25, 0.3) is 0 Å². The zero-order valence-corrected chi connectivity index (χ0v) is 14.7. The number of hydrogen-bond acceptors (Lipinski definition) is 5. The molecule has 2 rings (SSSR count). The van der Waals surface area contributed by atoms with Crippen LogP contribution in [0.1, 0.15) is 32.1 Å². The predicted octanol–water partition coefficient (Wildman–Crippen LogP) is 3.48. The number of benzene rings is 1. The number of halogens is 1. The average Bonchev–Trinajstić information content (AvgIpc) is 2.60. The fourth-order valence-electron chi connectivity index (χ4n) is 2.82. The molecule has 0 radical (unpaired) electrons. The van der Waals surface area contributed by atoms with Crippen LogP contribution >= 0.6 is 11.6 Å². The summed E-state index contributed by atoms with van der Waals surface area (Å²) in [6.07, 6.45) is 5.45. The van der Waals surface area contributed by atoms with Crippen molar-refractivity contribution >= 4 is 33.3 Å². The Morgan fingerprint density at radius 2 is 1.91 bits per heavy atom. The van der Waals surface area contributed by atoms with Crippen molar-refractivity contribution < 1.29 is 8.42 Å². The van der Waals surface area contributed by atoms with Gasteiger partial charge >= 0.3 is 0 Å². The predicted molar refractivity (Wildman–Crippen MR) is 94.8 cm³/mol. The summed E-state index contributed by atoms with van der Waals surface area (Å²) in [7, 11) is -1.73. The van der Waals surface area contributed by atoms with E-state index < -0.39 is 9.84 Å². The molecule has 1 saturated carbocycles. The van der Waals surface area contributed by atoms with E-state index in [1.54, 1.807) is 31.3 Å². The van der Waals surface area contributed by atoms with Gasteiger partial charge < -0.3 is 16.0 Å². The molecule has 3 N–H and O–H groups in total. The molecule has 0 aliphatic heterocycles. The van der Waals surface area contributed by atoms with Crippen molar-refractivity contribution in [1.82, 2.24) is 5.32 Å². The van der Waals surface area contributed by atoms with E-state index in [0.29, 0.717) is 24.4 Å². The third kappa shape index (κ3) is 4.06. The lowest BCUT2D eigenvalue weighted by Gasteiger charge is -2.23. The molecule has 1 aliphatic rings. The minimum Gasteiger partial charge on any atom is -0.373 e. The molecular formula is C16H22ClN3O2S. The van der Waals surface area contributed by atoms with Crippen LogP contribution in [0.3, 0.4) is 0 Å². The van der Waals surface area contributed by atoms with Crippen LogP contribution in [0.4, 0.5) is 5.69 Å². The second kappa shape index (κ2) is 7.84. The van der Waals surface area contributed by atoms with Gasteiger partial charge in [-0.1, -0.05) is 43.0 Å². The maximum atomic E-state index is 13.0. The van der Waals surface area contributed by atoms with Gasteiger partial charge in [-0.05, 0) is 25.0 Å². The number of rotatable bonds is 6. The molecule has 0 amide bonds. The summed E-state index contributed by atoms with van der Waals surface area (Å²) >= 11 is 5.96. The van der Waals surface area contributed by atoms with Crippen LogP contribution in [0.2, 0.25) is 0 Å². The van der Waals surface area contributed by atoms with Gasteiger partial charge in [-0.3, -0.25) is 0 Å². The first-order valence-electron chi connectivity index (χ1n) is 7.68. The third-order valence-electron chi connectivity index (χ3n) is 4.06. The molecule has 126 valence electrons. The highest BCUT2D eigenvalue weighted by Gasteiger charge is 2.30. The van der Waals surface area contributed by atoms with Crippen LogP contribution in [0.5, 0.6) is 0 Å². The van der Waals surface area contributed by atoms with E-state index in [1.807, 2.05) is 0 Å². The standard InChI is InChI=1S/C16H22ClN3O2S/c1-19-16(13(17)11-18)20-14-9-5-6-10-15(14)23(21,22)12-7-3-2-4-8-12/h5-6,9-12,18-20H,2-4,7-8H2,1H3/b16-13-,18-11?. The highest BCUT2D eigenvalue weighted by atomic mass is 35.5. The Labute approximate surface area is 142 Å². The molecule has 0 bridgehead atoms. The van der Waals surface area contributed by atoms with Gasteiger partial charge in [0.25, 0.3) is 0 Å². The summed E-state index contributed by atoms with van der Waals surface area (Å²) in [5.41, 5.74) is 0.474. The first-order valence-corrected chi connectivity index (χ1v) is 9.61. The van der Waals surface area contributed by atoms with Gasteiger partial charge in [-0.2, -0.15) is 0 Å². The van der Waals surface area contributed by atoms with Crippen LogP contribution < -0.4 is 10.6 Å². The molecule has 1 aromatic carbocycles. The molecule has 7 heteroatoms. The summed E-state index contributed by atoms with van der Waals surface area (Å²) < 4.78 is 25.9. The van der Waals surface area contributed by atoms with Gasteiger partial charge in [0.1, 0.15) is 5.82 Å². The number of hydrogen-bond donors (Lipinski definition) is 3. The third-order valence-corrected chi connectivity index (χ3v) is 6.68. The Morgan fingerprint density at radius 3 is 2.52 bits per heavy atom. The average molecular weight is 356 g/mol. The first kappa shape index (κ1) is 17.8. The quantitative estimate of drug-likeness (QED) is 0.682. The number of sulfone groups is 1. The Kier molecular flexibility index (Phi) is 6.07. The molecule has 5 nitrogen and oxygen atoms in total. The van der Waals surface area contributed by atoms with Crippen molar-refractivity contribution in [3.8, 4) is 0 Å². The molecule has 1 aromatic rings. The van der Waals surface area contributed by atoms with Crippen LogP contribution in [-0.2, 0) is 9.84 Å². The Bertz CT molecular complexity index is 695. The zero-order chi connectivity index (χ0) is 16.9. The molecule has 0 saturated heterocycles. The molecule has 0 unspecified atom stereocenters. The SMILES string of the molecule is CN/C(Nc1ccccc1S(=O)(=O)C1CCCCC1)=C(/Cl)C=N. The van der Waals surface area contributed by atoms with Crippen LogP contribution in [0.15, 0.2) is 40.0 Å². The largest absolute Gasteiger partial charge is 0.373 e. The van der Waals surface area contributed by atoms with E-state index in [4.69, 9.17) is 17.0 Å². The van der Waals surface area contributed by atoms with Crippen molar-refractivity contribution in [3.05, 3.63) is 35.1 Å². The van der Waals surface area contributed by atoms with E-state index in [0.717, 1.165) is 25.5 Å². The molecule has 1 fully saturated rings. The lowest BCUT2D eigenvalue weighted by Crippen LogP contribution is -2.25. The number of para-hydroxylation sites is 1. The number of allylic oxidation sites excluding steroid dienone is 1. The monoisotopic (exact) mass is 355 g/mol.